The van der Waals surface area contributed by atoms with E-state index >= 15 is 0 Å². The Bertz CT molecular complexity index is 596. The van der Waals surface area contributed by atoms with E-state index < -0.39 is 0 Å². The summed E-state index contributed by atoms with van der Waals surface area (Å²) >= 11 is 0. The van der Waals surface area contributed by atoms with Crippen molar-refractivity contribution in [1.29, 1.82) is 0 Å². The molecule has 1 aromatic carbocycles. The summed E-state index contributed by atoms with van der Waals surface area (Å²) in [7, 11) is 0. The number of hydrogen-bond acceptors (Lipinski definition) is 3. The summed E-state index contributed by atoms with van der Waals surface area (Å²) < 4.78 is 1.76. The standard InChI is InChI=1S/C14H19N3O/c1-14(2,3)16-8-9-17-12-7-5-4-6-11(12)15-10-13(17)18/h4-7,10,16H,8-9H2,1-3H3. The number of nitrogens with zero attached hydrogens (tertiary/aromatic N) is 2. The van der Waals surface area contributed by atoms with Crippen LogP contribution in [0.4, 0.5) is 0 Å². The average molecular weight is 245 g/mol. The Morgan fingerprint density at radius 2 is 2.00 bits per heavy atom. The van der Waals surface area contributed by atoms with Gasteiger partial charge in [0.05, 0.1) is 17.2 Å². The molecule has 96 valence electrons. The summed E-state index contributed by atoms with van der Waals surface area (Å²) in [6, 6.07) is 7.71. The van der Waals surface area contributed by atoms with Crippen molar-refractivity contribution in [2.45, 2.75) is 32.9 Å². The molecule has 0 unspecified atom stereocenters. The molecule has 0 bridgehead atoms. The van der Waals surface area contributed by atoms with Gasteiger partial charge in [-0.1, -0.05) is 12.1 Å². The maximum absolute atomic E-state index is 11.9. The van der Waals surface area contributed by atoms with E-state index in [0.29, 0.717) is 6.54 Å². The maximum atomic E-state index is 11.9. The van der Waals surface area contributed by atoms with Gasteiger partial charge in [-0.2, -0.15) is 0 Å². The molecule has 0 saturated carbocycles. The number of rotatable bonds is 3. The van der Waals surface area contributed by atoms with E-state index in [1.54, 1.807) is 4.57 Å². The SMILES string of the molecule is CC(C)(C)NCCn1c(=O)cnc2ccccc21. The second kappa shape index (κ2) is 4.90. The molecule has 0 saturated heterocycles. The fourth-order valence-electron chi connectivity index (χ4n) is 1.89. The summed E-state index contributed by atoms with van der Waals surface area (Å²) in [5, 5.41) is 3.38. The Hall–Kier alpha value is -1.68. The zero-order valence-corrected chi connectivity index (χ0v) is 11.1. The van der Waals surface area contributed by atoms with Gasteiger partial charge in [-0.05, 0) is 32.9 Å². The van der Waals surface area contributed by atoms with E-state index in [1.807, 2.05) is 24.3 Å². The van der Waals surface area contributed by atoms with Crippen LogP contribution in [0.2, 0.25) is 0 Å². The molecule has 0 aliphatic rings. The molecule has 0 aliphatic carbocycles. The third kappa shape index (κ3) is 2.96. The van der Waals surface area contributed by atoms with Crippen LogP contribution in [-0.2, 0) is 6.54 Å². The van der Waals surface area contributed by atoms with Crippen LogP contribution in [0, 0.1) is 0 Å². The third-order valence-electron chi connectivity index (χ3n) is 2.74. The first kappa shape index (κ1) is 12.8. The topological polar surface area (TPSA) is 46.9 Å². The van der Waals surface area contributed by atoms with E-state index in [9.17, 15) is 4.79 Å². The largest absolute Gasteiger partial charge is 0.310 e. The van der Waals surface area contributed by atoms with E-state index in [-0.39, 0.29) is 11.1 Å². The average Bonchev–Trinajstić information content (AvgIpc) is 2.31. The van der Waals surface area contributed by atoms with Crippen LogP contribution in [0.25, 0.3) is 11.0 Å². The fraction of sp³-hybridized carbons (Fsp3) is 0.429. The molecule has 2 rings (SSSR count). The van der Waals surface area contributed by atoms with Crippen LogP contribution in [0.15, 0.2) is 35.3 Å². The lowest BCUT2D eigenvalue weighted by atomic mass is 10.1. The van der Waals surface area contributed by atoms with E-state index in [2.05, 4.69) is 31.1 Å². The predicted molar refractivity (Wildman–Crippen MR) is 73.8 cm³/mol. The van der Waals surface area contributed by atoms with Crippen LogP contribution in [-0.4, -0.2) is 21.6 Å². The highest BCUT2D eigenvalue weighted by Gasteiger charge is 2.09. The Morgan fingerprint density at radius 3 is 2.72 bits per heavy atom. The summed E-state index contributed by atoms with van der Waals surface area (Å²) in [5.41, 5.74) is 1.75. The molecular weight excluding hydrogens is 226 g/mol. The van der Waals surface area contributed by atoms with Gasteiger partial charge in [-0.15, -0.1) is 0 Å². The minimum atomic E-state index is -0.0515. The van der Waals surface area contributed by atoms with Gasteiger partial charge in [0.1, 0.15) is 0 Å². The van der Waals surface area contributed by atoms with Gasteiger partial charge >= 0.3 is 0 Å². The maximum Gasteiger partial charge on any atom is 0.269 e. The van der Waals surface area contributed by atoms with Gasteiger partial charge in [-0.3, -0.25) is 4.79 Å². The van der Waals surface area contributed by atoms with Crippen LogP contribution in [0.1, 0.15) is 20.8 Å². The van der Waals surface area contributed by atoms with Gasteiger partial charge in [0.15, 0.2) is 0 Å². The molecule has 4 nitrogen and oxygen atoms in total. The summed E-state index contributed by atoms with van der Waals surface area (Å²) in [6.07, 6.45) is 1.39. The Kier molecular flexibility index (Phi) is 3.48. The van der Waals surface area contributed by atoms with Crippen LogP contribution < -0.4 is 10.9 Å². The number of aromatic nitrogens is 2. The molecule has 0 aliphatic heterocycles. The zero-order valence-electron chi connectivity index (χ0n) is 11.1. The monoisotopic (exact) mass is 245 g/mol. The van der Waals surface area contributed by atoms with Crippen molar-refractivity contribution >= 4 is 11.0 Å². The molecule has 1 N–H and O–H groups in total. The number of para-hydroxylation sites is 2. The number of benzene rings is 1. The minimum Gasteiger partial charge on any atom is -0.310 e. The highest BCUT2D eigenvalue weighted by molar-refractivity contribution is 5.74. The molecule has 2 aromatic rings. The third-order valence-corrected chi connectivity index (χ3v) is 2.74. The Labute approximate surface area is 107 Å². The molecule has 1 aromatic heterocycles. The van der Waals surface area contributed by atoms with Gasteiger partial charge in [0.2, 0.25) is 0 Å². The van der Waals surface area contributed by atoms with E-state index in [4.69, 9.17) is 0 Å². The quantitative estimate of drug-likeness (QED) is 0.896. The molecule has 18 heavy (non-hydrogen) atoms. The molecule has 0 radical (unpaired) electrons. The first-order chi connectivity index (χ1) is 8.47. The van der Waals surface area contributed by atoms with Gasteiger partial charge in [0.25, 0.3) is 5.56 Å². The summed E-state index contributed by atoms with van der Waals surface area (Å²) in [6.45, 7) is 7.75. The highest BCUT2D eigenvalue weighted by atomic mass is 16.1. The zero-order chi connectivity index (χ0) is 13.2. The lowest BCUT2D eigenvalue weighted by Gasteiger charge is -2.21. The van der Waals surface area contributed by atoms with Gasteiger partial charge in [0, 0.05) is 18.6 Å². The van der Waals surface area contributed by atoms with Crippen LogP contribution >= 0.6 is 0 Å². The Balaban J connectivity index is 2.27. The number of hydrogen-bond donors (Lipinski definition) is 1. The fourth-order valence-corrected chi connectivity index (χ4v) is 1.89. The van der Waals surface area contributed by atoms with Crippen LogP contribution in [0.5, 0.6) is 0 Å². The minimum absolute atomic E-state index is 0.0515. The second-order valence-electron chi connectivity index (χ2n) is 5.41. The summed E-state index contributed by atoms with van der Waals surface area (Å²) in [5.74, 6) is 0. The van der Waals surface area contributed by atoms with Crippen LogP contribution in [0.3, 0.4) is 0 Å². The molecule has 0 fully saturated rings. The lowest BCUT2D eigenvalue weighted by molar-refractivity contribution is 0.412. The lowest BCUT2D eigenvalue weighted by Crippen LogP contribution is -2.39. The molecule has 1 heterocycles. The van der Waals surface area contributed by atoms with E-state index in [0.717, 1.165) is 17.6 Å². The molecular formula is C14H19N3O. The first-order valence-electron chi connectivity index (χ1n) is 6.17. The number of nitrogens with one attached hydrogen (secondary N) is 1. The molecule has 0 spiro atoms. The van der Waals surface area contributed by atoms with Gasteiger partial charge < -0.3 is 9.88 Å². The van der Waals surface area contributed by atoms with Crippen molar-refractivity contribution in [2.75, 3.05) is 6.54 Å². The molecule has 0 atom stereocenters. The van der Waals surface area contributed by atoms with Crippen molar-refractivity contribution < 1.29 is 0 Å². The normalized spacial score (nSPS) is 11.9. The predicted octanol–water partition coefficient (Wildman–Crippen LogP) is 1.78. The van der Waals surface area contributed by atoms with Crippen molar-refractivity contribution in [3.63, 3.8) is 0 Å². The molecule has 4 heteroatoms. The van der Waals surface area contributed by atoms with Crippen molar-refractivity contribution in [2.24, 2.45) is 0 Å². The van der Waals surface area contributed by atoms with E-state index in [1.165, 1.54) is 6.20 Å². The molecule has 0 amide bonds. The van der Waals surface area contributed by atoms with Gasteiger partial charge in [-0.25, -0.2) is 4.98 Å². The second-order valence-corrected chi connectivity index (χ2v) is 5.41. The Morgan fingerprint density at radius 1 is 1.28 bits per heavy atom. The smallest absolute Gasteiger partial charge is 0.269 e. The first-order valence-corrected chi connectivity index (χ1v) is 6.17. The highest BCUT2D eigenvalue weighted by Crippen LogP contribution is 2.08. The van der Waals surface area contributed by atoms with Crippen molar-refractivity contribution in [3.05, 3.63) is 40.8 Å². The summed E-state index contributed by atoms with van der Waals surface area (Å²) in [4.78, 5) is 16.0. The number of fused-ring (bicyclic) bond motifs is 1. The van der Waals surface area contributed by atoms with Crippen molar-refractivity contribution in [1.82, 2.24) is 14.9 Å². The van der Waals surface area contributed by atoms with Crippen molar-refractivity contribution in [3.8, 4) is 0 Å².